The molecule has 0 unspecified atom stereocenters. The van der Waals surface area contributed by atoms with Gasteiger partial charge >= 0.3 is 5.97 Å². The standard InChI is InChI=1S/C12H19N3O4S/c1-15-8-10(7-11(15)12(16)17)20(18,19)14-6-2-5-13-9-3-4-9/h7-9,13-14H,2-6H2,1H3,(H,16,17). The molecular weight excluding hydrogens is 282 g/mol. The molecule has 20 heavy (non-hydrogen) atoms. The van der Waals surface area contributed by atoms with Crippen LogP contribution in [0.3, 0.4) is 0 Å². The average molecular weight is 301 g/mol. The maximum absolute atomic E-state index is 12.0. The number of hydrogen-bond acceptors (Lipinski definition) is 4. The first-order valence-corrected chi connectivity index (χ1v) is 8.01. The number of hydrogen-bond donors (Lipinski definition) is 3. The molecule has 2 rings (SSSR count). The number of sulfonamides is 1. The first-order chi connectivity index (χ1) is 9.40. The lowest BCUT2D eigenvalue weighted by Crippen LogP contribution is -2.27. The number of aromatic nitrogens is 1. The van der Waals surface area contributed by atoms with Gasteiger partial charge in [0, 0.05) is 25.8 Å². The molecule has 1 aromatic heterocycles. The Morgan fingerprint density at radius 1 is 1.45 bits per heavy atom. The summed E-state index contributed by atoms with van der Waals surface area (Å²) in [6, 6.07) is 1.77. The van der Waals surface area contributed by atoms with E-state index in [4.69, 9.17) is 5.11 Å². The highest BCUT2D eigenvalue weighted by Crippen LogP contribution is 2.18. The summed E-state index contributed by atoms with van der Waals surface area (Å²) < 4.78 is 27.7. The molecule has 1 aliphatic rings. The van der Waals surface area contributed by atoms with Gasteiger partial charge in [0.05, 0.1) is 0 Å². The Bertz CT molecular complexity index is 590. The number of aryl methyl sites for hydroxylation is 1. The van der Waals surface area contributed by atoms with E-state index in [1.807, 2.05) is 0 Å². The van der Waals surface area contributed by atoms with E-state index in [1.54, 1.807) is 0 Å². The van der Waals surface area contributed by atoms with E-state index in [0.29, 0.717) is 19.0 Å². The minimum absolute atomic E-state index is 0.0208. The molecule has 0 radical (unpaired) electrons. The average Bonchev–Trinajstić information content (AvgIpc) is 3.09. The SMILES string of the molecule is Cn1cc(S(=O)(=O)NCCCNC2CC2)cc1C(=O)O. The lowest BCUT2D eigenvalue weighted by molar-refractivity contribution is 0.0686. The highest BCUT2D eigenvalue weighted by atomic mass is 32.2. The highest BCUT2D eigenvalue weighted by molar-refractivity contribution is 7.89. The summed E-state index contributed by atoms with van der Waals surface area (Å²) in [4.78, 5) is 10.9. The topological polar surface area (TPSA) is 100 Å². The van der Waals surface area contributed by atoms with E-state index < -0.39 is 16.0 Å². The van der Waals surface area contributed by atoms with Gasteiger partial charge in [-0.25, -0.2) is 17.9 Å². The van der Waals surface area contributed by atoms with Crippen molar-refractivity contribution < 1.29 is 18.3 Å². The Labute approximate surface area is 118 Å². The van der Waals surface area contributed by atoms with Crippen molar-refractivity contribution in [3.05, 3.63) is 18.0 Å². The third-order valence-electron chi connectivity index (χ3n) is 3.17. The molecule has 1 aromatic rings. The molecule has 7 nitrogen and oxygen atoms in total. The predicted octanol–water partition coefficient (Wildman–Crippen LogP) is 0.144. The van der Waals surface area contributed by atoms with Gasteiger partial charge in [-0.1, -0.05) is 0 Å². The number of aromatic carboxylic acids is 1. The Hall–Kier alpha value is -1.38. The molecule has 1 heterocycles. The maximum Gasteiger partial charge on any atom is 0.352 e. The van der Waals surface area contributed by atoms with Gasteiger partial charge in [-0.15, -0.1) is 0 Å². The van der Waals surface area contributed by atoms with Crippen molar-refractivity contribution in [1.82, 2.24) is 14.6 Å². The molecule has 112 valence electrons. The summed E-state index contributed by atoms with van der Waals surface area (Å²) in [6.07, 6.45) is 4.41. The fraction of sp³-hybridized carbons (Fsp3) is 0.583. The molecule has 1 saturated carbocycles. The van der Waals surface area contributed by atoms with Gasteiger partial charge in [-0.2, -0.15) is 0 Å². The molecule has 1 fully saturated rings. The fourth-order valence-electron chi connectivity index (χ4n) is 1.87. The zero-order valence-corrected chi connectivity index (χ0v) is 12.1. The predicted molar refractivity (Wildman–Crippen MR) is 73.2 cm³/mol. The lowest BCUT2D eigenvalue weighted by atomic mass is 10.4. The van der Waals surface area contributed by atoms with Gasteiger partial charge in [0.1, 0.15) is 10.6 Å². The number of carboxylic acids is 1. The molecule has 1 aliphatic carbocycles. The molecule has 8 heteroatoms. The van der Waals surface area contributed by atoms with Gasteiger partial charge in [0.15, 0.2) is 0 Å². The molecule has 0 spiro atoms. The molecule has 0 atom stereocenters. The Morgan fingerprint density at radius 3 is 2.70 bits per heavy atom. The highest BCUT2D eigenvalue weighted by Gasteiger charge is 2.21. The summed E-state index contributed by atoms with van der Waals surface area (Å²) in [6.45, 7) is 1.11. The Balaban J connectivity index is 1.88. The number of nitrogens with zero attached hydrogens (tertiary/aromatic N) is 1. The van der Waals surface area contributed by atoms with Crippen LogP contribution in [-0.2, 0) is 17.1 Å². The largest absolute Gasteiger partial charge is 0.477 e. The van der Waals surface area contributed by atoms with Crippen molar-refractivity contribution >= 4 is 16.0 Å². The van der Waals surface area contributed by atoms with E-state index >= 15 is 0 Å². The summed E-state index contributed by atoms with van der Waals surface area (Å²) in [7, 11) is -2.14. The number of rotatable bonds is 8. The van der Waals surface area contributed by atoms with E-state index in [-0.39, 0.29) is 10.6 Å². The van der Waals surface area contributed by atoms with Crippen LogP contribution in [0.25, 0.3) is 0 Å². The van der Waals surface area contributed by atoms with Crippen LogP contribution in [0.2, 0.25) is 0 Å². The lowest BCUT2D eigenvalue weighted by Gasteiger charge is -2.05. The van der Waals surface area contributed by atoms with Crippen LogP contribution in [-0.4, -0.2) is 43.2 Å². The quantitative estimate of drug-likeness (QED) is 0.593. The number of carbonyl (C=O) groups is 1. The third-order valence-corrected chi connectivity index (χ3v) is 4.59. The minimum atomic E-state index is -3.64. The van der Waals surface area contributed by atoms with Crippen molar-refractivity contribution in [3.63, 3.8) is 0 Å². The van der Waals surface area contributed by atoms with Crippen LogP contribution in [0.15, 0.2) is 17.2 Å². The summed E-state index contributed by atoms with van der Waals surface area (Å²) in [5, 5.41) is 12.2. The van der Waals surface area contributed by atoms with Crippen molar-refractivity contribution in [2.24, 2.45) is 7.05 Å². The third kappa shape index (κ3) is 3.81. The second-order valence-electron chi connectivity index (χ2n) is 4.96. The van der Waals surface area contributed by atoms with E-state index in [1.165, 1.54) is 30.7 Å². The number of carboxylic acid groups (broad SMARTS) is 1. The van der Waals surface area contributed by atoms with Crippen molar-refractivity contribution in [2.75, 3.05) is 13.1 Å². The first-order valence-electron chi connectivity index (χ1n) is 6.53. The van der Waals surface area contributed by atoms with Gasteiger partial charge in [0.2, 0.25) is 10.0 Å². The van der Waals surface area contributed by atoms with Crippen LogP contribution >= 0.6 is 0 Å². The number of nitrogens with one attached hydrogen (secondary N) is 2. The molecule has 0 aliphatic heterocycles. The van der Waals surface area contributed by atoms with Crippen LogP contribution in [0.5, 0.6) is 0 Å². The molecular formula is C12H19N3O4S. The second-order valence-corrected chi connectivity index (χ2v) is 6.72. The van der Waals surface area contributed by atoms with Crippen molar-refractivity contribution in [3.8, 4) is 0 Å². The fourth-order valence-corrected chi connectivity index (χ4v) is 3.01. The maximum atomic E-state index is 12.0. The summed E-state index contributed by atoms with van der Waals surface area (Å²) in [5.41, 5.74) is -0.0548. The molecule has 0 saturated heterocycles. The molecule has 0 amide bonds. The van der Waals surface area contributed by atoms with Crippen molar-refractivity contribution in [1.29, 1.82) is 0 Å². The molecule has 3 N–H and O–H groups in total. The Kier molecular flexibility index (Phi) is 4.46. The summed E-state index contributed by atoms with van der Waals surface area (Å²) >= 11 is 0. The van der Waals surface area contributed by atoms with E-state index in [2.05, 4.69) is 10.0 Å². The van der Waals surface area contributed by atoms with Crippen LogP contribution < -0.4 is 10.0 Å². The van der Waals surface area contributed by atoms with Crippen LogP contribution in [0.4, 0.5) is 0 Å². The van der Waals surface area contributed by atoms with Crippen molar-refractivity contribution in [2.45, 2.75) is 30.2 Å². The summed E-state index contributed by atoms with van der Waals surface area (Å²) in [5.74, 6) is -1.15. The van der Waals surface area contributed by atoms with E-state index in [9.17, 15) is 13.2 Å². The van der Waals surface area contributed by atoms with Gasteiger partial charge in [-0.05, 0) is 31.9 Å². The minimum Gasteiger partial charge on any atom is -0.477 e. The zero-order valence-electron chi connectivity index (χ0n) is 11.3. The second kappa shape index (κ2) is 5.94. The van der Waals surface area contributed by atoms with Gasteiger partial charge in [0.25, 0.3) is 0 Å². The molecule has 0 aromatic carbocycles. The zero-order chi connectivity index (χ0) is 14.8. The first kappa shape index (κ1) is 15.0. The van der Waals surface area contributed by atoms with E-state index in [0.717, 1.165) is 12.6 Å². The monoisotopic (exact) mass is 301 g/mol. The van der Waals surface area contributed by atoms with Crippen LogP contribution in [0, 0.1) is 0 Å². The van der Waals surface area contributed by atoms with Gasteiger partial charge in [-0.3, -0.25) is 0 Å². The smallest absolute Gasteiger partial charge is 0.352 e. The normalized spacial score (nSPS) is 15.4. The Morgan fingerprint density at radius 2 is 2.15 bits per heavy atom. The molecule has 0 bridgehead atoms. The van der Waals surface area contributed by atoms with Gasteiger partial charge < -0.3 is 15.0 Å². The van der Waals surface area contributed by atoms with Crippen LogP contribution in [0.1, 0.15) is 29.8 Å².